The molecule has 1 aromatic carbocycles. The standard InChI is InChI=1S/C17H17ClFN3O2/c18-13-2-3-14(15(19)9-13)17(23)21-11-12-1-4-16(20-10-12)22-5-7-24-8-6-22/h1-4,9-10H,5-8,11H2,(H,21,23). The normalized spacial score (nSPS) is 14.5. The van der Waals surface area contributed by atoms with Crippen LogP contribution in [-0.4, -0.2) is 37.2 Å². The maximum absolute atomic E-state index is 13.7. The lowest BCUT2D eigenvalue weighted by molar-refractivity contribution is 0.0947. The van der Waals surface area contributed by atoms with Crippen LogP contribution in [0.2, 0.25) is 5.02 Å². The van der Waals surface area contributed by atoms with Gasteiger partial charge in [0.2, 0.25) is 0 Å². The molecule has 1 N–H and O–H groups in total. The highest BCUT2D eigenvalue weighted by atomic mass is 35.5. The summed E-state index contributed by atoms with van der Waals surface area (Å²) >= 11 is 5.68. The minimum atomic E-state index is -0.638. The van der Waals surface area contributed by atoms with E-state index in [0.717, 1.165) is 30.5 Å². The van der Waals surface area contributed by atoms with Crippen LogP contribution in [0.5, 0.6) is 0 Å². The summed E-state index contributed by atoms with van der Waals surface area (Å²) in [5.41, 5.74) is 0.812. The Labute approximate surface area is 144 Å². The van der Waals surface area contributed by atoms with Crippen LogP contribution in [0.25, 0.3) is 0 Å². The number of aromatic nitrogens is 1. The molecular weight excluding hydrogens is 333 g/mol. The van der Waals surface area contributed by atoms with Crippen molar-refractivity contribution in [2.75, 3.05) is 31.2 Å². The molecule has 1 saturated heterocycles. The molecule has 2 aromatic rings. The second-order valence-electron chi connectivity index (χ2n) is 5.43. The number of amides is 1. The van der Waals surface area contributed by atoms with E-state index in [0.29, 0.717) is 13.2 Å². The fraction of sp³-hybridized carbons (Fsp3) is 0.294. The molecular formula is C17H17ClFN3O2. The first-order chi connectivity index (χ1) is 11.6. The summed E-state index contributed by atoms with van der Waals surface area (Å²) in [6, 6.07) is 7.78. The Kier molecular flexibility index (Phi) is 5.27. The zero-order valence-corrected chi connectivity index (χ0v) is 13.7. The van der Waals surface area contributed by atoms with Gasteiger partial charge in [0.15, 0.2) is 0 Å². The fourth-order valence-corrected chi connectivity index (χ4v) is 2.61. The van der Waals surface area contributed by atoms with E-state index in [9.17, 15) is 9.18 Å². The smallest absolute Gasteiger partial charge is 0.254 e. The summed E-state index contributed by atoms with van der Waals surface area (Å²) in [5.74, 6) is -0.237. The van der Waals surface area contributed by atoms with Crippen LogP contribution in [0.1, 0.15) is 15.9 Å². The highest BCUT2D eigenvalue weighted by molar-refractivity contribution is 6.30. The number of pyridine rings is 1. The average molecular weight is 350 g/mol. The van der Waals surface area contributed by atoms with Gasteiger partial charge in [-0.05, 0) is 29.8 Å². The van der Waals surface area contributed by atoms with Crippen molar-refractivity contribution in [3.8, 4) is 0 Å². The summed E-state index contributed by atoms with van der Waals surface area (Å²) in [6.07, 6.45) is 1.71. The van der Waals surface area contributed by atoms with Gasteiger partial charge < -0.3 is 15.0 Å². The van der Waals surface area contributed by atoms with Gasteiger partial charge in [-0.1, -0.05) is 17.7 Å². The van der Waals surface area contributed by atoms with Gasteiger partial charge in [0, 0.05) is 30.9 Å². The number of carbonyl (C=O) groups is 1. The van der Waals surface area contributed by atoms with Crippen molar-refractivity contribution in [3.63, 3.8) is 0 Å². The molecule has 1 fully saturated rings. The van der Waals surface area contributed by atoms with Gasteiger partial charge in [0.1, 0.15) is 11.6 Å². The Morgan fingerprint density at radius 2 is 2.08 bits per heavy atom. The van der Waals surface area contributed by atoms with E-state index in [-0.39, 0.29) is 17.1 Å². The minimum absolute atomic E-state index is 0.0303. The van der Waals surface area contributed by atoms with Crippen molar-refractivity contribution in [3.05, 3.63) is 58.5 Å². The molecule has 0 aliphatic carbocycles. The fourth-order valence-electron chi connectivity index (χ4n) is 2.45. The van der Waals surface area contributed by atoms with Crippen molar-refractivity contribution >= 4 is 23.3 Å². The van der Waals surface area contributed by atoms with Crippen LogP contribution in [0.4, 0.5) is 10.2 Å². The number of nitrogens with one attached hydrogen (secondary N) is 1. The zero-order chi connectivity index (χ0) is 16.9. The van der Waals surface area contributed by atoms with Crippen molar-refractivity contribution < 1.29 is 13.9 Å². The van der Waals surface area contributed by atoms with Gasteiger partial charge >= 0.3 is 0 Å². The molecule has 0 bridgehead atoms. The van der Waals surface area contributed by atoms with E-state index in [1.54, 1.807) is 6.20 Å². The third-order valence-electron chi connectivity index (χ3n) is 3.77. The van der Waals surface area contributed by atoms with Crippen LogP contribution in [0.15, 0.2) is 36.5 Å². The number of carbonyl (C=O) groups excluding carboxylic acids is 1. The number of morpholine rings is 1. The predicted octanol–water partition coefficient (Wildman–Crippen LogP) is 2.64. The molecule has 3 rings (SSSR count). The Morgan fingerprint density at radius 1 is 1.29 bits per heavy atom. The van der Waals surface area contributed by atoms with E-state index in [4.69, 9.17) is 16.3 Å². The average Bonchev–Trinajstić information content (AvgIpc) is 2.61. The molecule has 0 saturated carbocycles. The molecule has 1 amide bonds. The van der Waals surface area contributed by atoms with Crippen molar-refractivity contribution in [1.29, 1.82) is 0 Å². The number of halogens is 2. The predicted molar refractivity (Wildman–Crippen MR) is 89.8 cm³/mol. The Hall–Kier alpha value is -2.18. The van der Waals surface area contributed by atoms with Gasteiger partial charge in [0.05, 0.1) is 18.8 Å². The maximum Gasteiger partial charge on any atom is 0.254 e. The van der Waals surface area contributed by atoms with Gasteiger partial charge in [-0.3, -0.25) is 4.79 Å². The molecule has 24 heavy (non-hydrogen) atoms. The van der Waals surface area contributed by atoms with Crippen molar-refractivity contribution in [2.24, 2.45) is 0 Å². The molecule has 7 heteroatoms. The summed E-state index contributed by atoms with van der Waals surface area (Å²) in [4.78, 5) is 18.6. The number of hydrogen-bond acceptors (Lipinski definition) is 4. The topological polar surface area (TPSA) is 54.5 Å². The lowest BCUT2D eigenvalue weighted by Gasteiger charge is -2.27. The molecule has 126 valence electrons. The lowest BCUT2D eigenvalue weighted by Crippen LogP contribution is -2.36. The van der Waals surface area contributed by atoms with Gasteiger partial charge in [-0.2, -0.15) is 0 Å². The van der Waals surface area contributed by atoms with E-state index >= 15 is 0 Å². The van der Waals surface area contributed by atoms with E-state index in [1.807, 2.05) is 12.1 Å². The molecule has 5 nitrogen and oxygen atoms in total. The van der Waals surface area contributed by atoms with Crippen LogP contribution in [0.3, 0.4) is 0 Å². The lowest BCUT2D eigenvalue weighted by atomic mass is 10.2. The molecule has 1 aromatic heterocycles. The molecule has 0 unspecified atom stereocenters. The number of ether oxygens (including phenoxy) is 1. The van der Waals surface area contributed by atoms with E-state index in [1.165, 1.54) is 12.1 Å². The maximum atomic E-state index is 13.7. The number of benzene rings is 1. The molecule has 0 atom stereocenters. The molecule has 0 spiro atoms. The van der Waals surface area contributed by atoms with Gasteiger partial charge in [-0.15, -0.1) is 0 Å². The van der Waals surface area contributed by atoms with Crippen LogP contribution in [0, 0.1) is 5.82 Å². The molecule has 0 radical (unpaired) electrons. The van der Waals surface area contributed by atoms with E-state index in [2.05, 4.69) is 15.2 Å². The number of rotatable bonds is 4. The molecule has 2 heterocycles. The van der Waals surface area contributed by atoms with Crippen LogP contribution >= 0.6 is 11.6 Å². The summed E-state index contributed by atoms with van der Waals surface area (Å²) in [7, 11) is 0. The Balaban J connectivity index is 1.59. The third kappa shape index (κ3) is 4.01. The van der Waals surface area contributed by atoms with E-state index < -0.39 is 11.7 Å². The van der Waals surface area contributed by atoms with Gasteiger partial charge in [-0.25, -0.2) is 9.37 Å². The van der Waals surface area contributed by atoms with Crippen LogP contribution < -0.4 is 10.2 Å². The largest absolute Gasteiger partial charge is 0.378 e. The van der Waals surface area contributed by atoms with Crippen LogP contribution in [-0.2, 0) is 11.3 Å². The highest BCUT2D eigenvalue weighted by Gasteiger charge is 2.13. The highest BCUT2D eigenvalue weighted by Crippen LogP contribution is 2.15. The van der Waals surface area contributed by atoms with Crippen molar-refractivity contribution in [2.45, 2.75) is 6.54 Å². The monoisotopic (exact) mass is 349 g/mol. The SMILES string of the molecule is O=C(NCc1ccc(N2CCOCC2)nc1)c1ccc(Cl)cc1F. The number of anilines is 1. The third-order valence-corrected chi connectivity index (χ3v) is 4.01. The Bertz CT molecular complexity index is 718. The first-order valence-corrected chi connectivity index (χ1v) is 8.02. The number of nitrogens with zero attached hydrogens (tertiary/aromatic N) is 2. The molecule has 1 aliphatic heterocycles. The summed E-state index contributed by atoms with van der Waals surface area (Å²) in [5, 5.41) is 2.94. The minimum Gasteiger partial charge on any atom is -0.378 e. The molecule has 1 aliphatic rings. The zero-order valence-electron chi connectivity index (χ0n) is 13.0. The Morgan fingerprint density at radius 3 is 2.75 bits per heavy atom. The quantitative estimate of drug-likeness (QED) is 0.922. The second-order valence-corrected chi connectivity index (χ2v) is 5.87. The second kappa shape index (κ2) is 7.59. The van der Waals surface area contributed by atoms with Crippen molar-refractivity contribution in [1.82, 2.24) is 10.3 Å². The first kappa shape index (κ1) is 16.7. The first-order valence-electron chi connectivity index (χ1n) is 7.64. The summed E-state index contributed by atoms with van der Waals surface area (Å²) < 4.78 is 19.0. The number of hydrogen-bond donors (Lipinski definition) is 1. The van der Waals surface area contributed by atoms with Gasteiger partial charge in [0.25, 0.3) is 5.91 Å². The summed E-state index contributed by atoms with van der Waals surface area (Å²) in [6.45, 7) is 3.31.